The Morgan fingerprint density at radius 1 is 0.455 bits per heavy atom. The SMILES string of the molecule is c1ccc2cc(N(c3ccc4sc5ccccc5c4c3)c3cc4c5ccccc5oc4c4c3sc3ccccc34)ccc2c1. The molecule has 0 aliphatic carbocycles. The molecule has 0 amide bonds. The van der Waals surface area contributed by atoms with Gasteiger partial charge in [-0.25, -0.2) is 0 Å². The molecule has 7 aromatic carbocycles. The van der Waals surface area contributed by atoms with Gasteiger partial charge >= 0.3 is 0 Å². The first-order chi connectivity index (χ1) is 21.8. The van der Waals surface area contributed by atoms with Crippen molar-refractivity contribution in [3.63, 3.8) is 0 Å². The van der Waals surface area contributed by atoms with Crippen LogP contribution in [0.3, 0.4) is 0 Å². The van der Waals surface area contributed by atoms with E-state index in [2.05, 4.69) is 144 Å². The van der Waals surface area contributed by atoms with Crippen LogP contribution in [0.2, 0.25) is 0 Å². The third-order valence-electron chi connectivity index (χ3n) is 8.82. The predicted molar refractivity (Wildman–Crippen MR) is 192 cm³/mol. The van der Waals surface area contributed by atoms with Crippen LogP contribution in [-0.4, -0.2) is 0 Å². The summed E-state index contributed by atoms with van der Waals surface area (Å²) in [4.78, 5) is 2.46. The monoisotopic (exact) mass is 597 g/mol. The fraction of sp³-hybridized carbons (Fsp3) is 0. The highest BCUT2D eigenvalue weighted by atomic mass is 32.1. The number of thiophene rings is 2. The van der Waals surface area contributed by atoms with Crippen molar-refractivity contribution in [2.75, 3.05) is 4.90 Å². The van der Waals surface area contributed by atoms with E-state index in [1.807, 2.05) is 22.7 Å². The highest BCUT2D eigenvalue weighted by molar-refractivity contribution is 7.26. The van der Waals surface area contributed by atoms with E-state index in [1.54, 1.807) is 0 Å². The van der Waals surface area contributed by atoms with Crippen molar-refractivity contribution >= 4 is 113 Å². The summed E-state index contributed by atoms with van der Waals surface area (Å²) in [7, 11) is 0. The molecule has 4 heteroatoms. The molecule has 0 N–H and O–H groups in total. The molecule has 206 valence electrons. The van der Waals surface area contributed by atoms with Gasteiger partial charge in [-0.15, -0.1) is 22.7 Å². The van der Waals surface area contributed by atoms with Gasteiger partial charge in [-0.3, -0.25) is 0 Å². The topological polar surface area (TPSA) is 16.4 Å². The summed E-state index contributed by atoms with van der Waals surface area (Å²) in [5.41, 5.74) is 5.31. The highest BCUT2D eigenvalue weighted by Crippen LogP contribution is 2.50. The number of anilines is 3. The molecule has 0 fully saturated rings. The van der Waals surface area contributed by atoms with E-state index >= 15 is 0 Å². The van der Waals surface area contributed by atoms with Crippen LogP contribution in [0.4, 0.5) is 17.1 Å². The van der Waals surface area contributed by atoms with Crippen LogP contribution >= 0.6 is 22.7 Å². The van der Waals surface area contributed by atoms with Crippen LogP contribution in [0, 0.1) is 0 Å². The summed E-state index contributed by atoms with van der Waals surface area (Å²) < 4.78 is 11.7. The van der Waals surface area contributed by atoms with Crippen molar-refractivity contribution in [1.29, 1.82) is 0 Å². The summed E-state index contributed by atoms with van der Waals surface area (Å²) in [6.07, 6.45) is 0. The fourth-order valence-electron chi connectivity index (χ4n) is 6.81. The minimum Gasteiger partial charge on any atom is -0.455 e. The molecule has 0 spiro atoms. The number of furan rings is 1. The maximum atomic E-state index is 6.62. The lowest BCUT2D eigenvalue weighted by Crippen LogP contribution is -2.10. The van der Waals surface area contributed by atoms with Crippen molar-refractivity contribution in [1.82, 2.24) is 0 Å². The van der Waals surface area contributed by atoms with Gasteiger partial charge in [0.05, 0.1) is 10.4 Å². The second-order valence-corrected chi connectivity index (χ2v) is 13.5. The Morgan fingerprint density at radius 2 is 1.11 bits per heavy atom. The molecule has 10 rings (SSSR count). The molecule has 0 radical (unpaired) electrons. The van der Waals surface area contributed by atoms with Crippen LogP contribution in [-0.2, 0) is 0 Å². The molecule has 0 bridgehead atoms. The zero-order chi connectivity index (χ0) is 28.8. The van der Waals surface area contributed by atoms with Crippen molar-refractivity contribution in [2.24, 2.45) is 0 Å². The van der Waals surface area contributed by atoms with Gasteiger partial charge < -0.3 is 9.32 Å². The summed E-state index contributed by atoms with van der Waals surface area (Å²) in [5.74, 6) is 0. The molecular formula is C40H23NOS2. The molecule has 0 saturated heterocycles. The first-order valence-corrected chi connectivity index (χ1v) is 16.4. The Balaban J connectivity index is 1.36. The van der Waals surface area contributed by atoms with Gasteiger partial charge in [-0.1, -0.05) is 84.9 Å². The predicted octanol–water partition coefficient (Wildman–Crippen LogP) is 12.9. The second kappa shape index (κ2) is 9.17. The number of fused-ring (bicyclic) bond motifs is 11. The smallest absolute Gasteiger partial charge is 0.144 e. The molecule has 0 aliphatic heterocycles. The van der Waals surface area contributed by atoms with Crippen LogP contribution in [0.1, 0.15) is 0 Å². The van der Waals surface area contributed by atoms with Gasteiger partial charge in [0.15, 0.2) is 0 Å². The van der Waals surface area contributed by atoms with E-state index in [0.717, 1.165) is 39.0 Å². The first-order valence-electron chi connectivity index (χ1n) is 14.8. The lowest BCUT2D eigenvalue weighted by molar-refractivity contribution is 0.673. The Morgan fingerprint density at radius 3 is 2.00 bits per heavy atom. The fourth-order valence-corrected chi connectivity index (χ4v) is 9.10. The maximum absolute atomic E-state index is 6.62. The van der Waals surface area contributed by atoms with Crippen molar-refractivity contribution < 1.29 is 4.42 Å². The molecule has 0 atom stereocenters. The summed E-state index contributed by atoms with van der Waals surface area (Å²) in [6, 6.07) is 50.6. The number of benzene rings is 7. The Hall–Kier alpha value is -5.16. The second-order valence-electron chi connectivity index (χ2n) is 11.3. The average molecular weight is 598 g/mol. The maximum Gasteiger partial charge on any atom is 0.144 e. The number of para-hydroxylation sites is 1. The van der Waals surface area contributed by atoms with Gasteiger partial charge in [-0.05, 0) is 65.4 Å². The normalized spacial score (nSPS) is 12.1. The Bertz CT molecular complexity index is 2750. The molecule has 3 heterocycles. The van der Waals surface area contributed by atoms with E-state index in [9.17, 15) is 0 Å². The van der Waals surface area contributed by atoms with Crippen LogP contribution in [0.15, 0.2) is 144 Å². The van der Waals surface area contributed by atoms with Crippen molar-refractivity contribution in [2.45, 2.75) is 0 Å². The lowest BCUT2D eigenvalue weighted by atomic mass is 10.0. The number of hydrogen-bond donors (Lipinski definition) is 0. The summed E-state index contributed by atoms with van der Waals surface area (Å²) >= 11 is 3.70. The average Bonchev–Trinajstić information content (AvgIpc) is 3.76. The van der Waals surface area contributed by atoms with Crippen molar-refractivity contribution in [3.8, 4) is 0 Å². The number of hydrogen-bond acceptors (Lipinski definition) is 4. The quantitative estimate of drug-likeness (QED) is 0.201. The van der Waals surface area contributed by atoms with Gasteiger partial charge in [0.2, 0.25) is 0 Å². The van der Waals surface area contributed by atoms with Gasteiger partial charge in [0.25, 0.3) is 0 Å². The van der Waals surface area contributed by atoms with Gasteiger partial charge in [0.1, 0.15) is 11.2 Å². The first kappa shape index (κ1) is 24.3. The molecular weight excluding hydrogens is 575 g/mol. The lowest BCUT2D eigenvalue weighted by Gasteiger charge is -2.27. The number of nitrogens with zero attached hydrogens (tertiary/aromatic N) is 1. The van der Waals surface area contributed by atoms with Crippen LogP contribution in [0.25, 0.3) is 73.1 Å². The van der Waals surface area contributed by atoms with Crippen LogP contribution in [0.5, 0.6) is 0 Å². The van der Waals surface area contributed by atoms with E-state index in [-0.39, 0.29) is 0 Å². The third-order valence-corrected chi connectivity index (χ3v) is 11.2. The third kappa shape index (κ3) is 3.47. The van der Waals surface area contributed by atoms with Crippen LogP contribution < -0.4 is 4.90 Å². The zero-order valence-corrected chi connectivity index (χ0v) is 25.1. The van der Waals surface area contributed by atoms with Crippen molar-refractivity contribution in [3.05, 3.63) is 140 Å². The number of rotatable bonds is 3. The summed E-state index contributed by atoms with van der Waals surface area (Å²) in [5, 5.41) is 9.74. The standard InChI is InChI=1S/C40H23NOS2/c1-2-10-25-21-26(18-17-24(25)9-1)41(27-19-20-37-31(22-27)29-12-4-7-15-35(29)43-37)33-23-32-28-11-3-6-14-34(28)42-39(32)38-30-13-5-8-16-36(30)44-40(33)38/h1-23H. The largest absolute Gasteiger partial charge is 0.455 e. The van der Waals surface area contributed by atoms with E-state index in [1.165, 1.54) is 51.1 Å². The molecule has 44 heavy (non-hydrogen) atoms. The molecule has 10 aromatic rings. The van der Waals surface area contributed by atoms with E-state index in [0.29, 0.717) is 0 Å². The molecule has 0 unspecified atom stereocenters. The zero-order valence-electron chi connectivity index (χ0n) is 23.5. The Kier molecular flexibility index (Phi) is 5.06. The molecule has 2 nitrogen and oxygen atoms in total. The van der Waals surface area contributed by atoms with E-state index < -0.39 is 0 Å². The molecule has 0 saturated carbocycles. The summed E-state index contributed by atoms with van der Waals surface area (Å²) in [6.45, 7) is 0. The molecule has 0 aliphatic rings. The Labute approximate surface area is 260 Å². The molecule has 3 aromatic heterocycles. The van der Waals surface area contributed by atoms with E-state index in [4.69, 9.17) is 4.42 Å². The minimum absolute atomic E-state index is 0.916. The van der Waals surface area contributed by atoms with Gasteiger partial charge in [-0.2, -0.15) is 0 Å². The minimum atomic E-state index is 0.916. The highest BCUT2D eigenvalue weighted by Gasteiger charge is 2.24. The van der Waals surface area contributed by atoms with Gasteiger partial charge in [0, 0.05) is 57.8 Å².